The maximum Gasteiger partial charge on any atom is 0.320 e. The van der Waals surface area contributed by atoms with Gasteiger partial charge in [-0.15, -0.1) is 0 Å². The van der Waals surface area contributed by atoms with Gasteiger partial charge in [0, 0.05) is 25.7 Å². The van der Waals surface area contributed by atoms with Gasteiger partial charge in [0.15, 0.2) is 0 Å². The number of hydrogen-bond donors (Lipinski definition) is 1. The minimum Gasteiger partial charge on any atom is -0.323 e. The summed E-state index contributed by atoms with van der Waals surface area (Å²) in [5.41, 5.74) is 0. The van der Waals surface area contributed by atoms with Crippen LogP contribution in [0.4, 0.5) is 4.79 Å². The number of rotatable bonds is 6. The van der Waals surface area contributed by atoms with Gasteiger partial charge in [-0.1, -0.05) is 26.2 Å². The molecule has 0 bridgehead atoms. The average molecular weight is 253 g/mol. The van der Waals surface area contributed by atoms with E-state index in [1.54, 1.807) is 0 Å². The number of carbonyl (C=O) groups excluding carboxylic acids is 1. The van der Waals surface area contributed by atoms with E-state index in [-0.39, 0.29) is 0 Å². The first-order valence-electron chi connectivity index (χ1n) is 7.59. The zero-order valence-electron chi connectivity index (χ0n) is 11.7. The van der Waals surface area contributed by atoms with Crippen LogP contribution in [0.25, 0.3) is 0 Å². The standard InChI is InChI=1S/C14H27N3O/c1-2-3-4-5-10-16-11-12-17(14(16)18)13-6-8-15-9-7-13/h13,15H,2-12H2,1H3. The van der Waals surface area contributed by atoms with E-state index < -0.39 is 0 Å². The van der Waals surface area contributed by atoms with Crippen molar-refractivity contribution in [2.24, 2.45) is 0 Å². The zero-order chi connectivity index (χ0) is 12.8. The lowest BCUT2D eigenvalue weighted by molar-refractivity contribution is 0.165. The van der Waals surface area contributed by atoms with Crippen LogP contribution < -0.4 is 5.32 Å². The van der Waals surface area contributed by atoms with Crippen molar-refractivity contribution in [1.82, 2.24) is 15.1 Å². The van der Waals surface area contributed by atoms with E-state index in [0.29, 0.717) is 12.1 Å². The van der Waals surface area contributed by atoms with E-state index in [9.17, 15) is 4.79 Å². The summed E-state index contributed by atoms with van der Waals surface area (Å²) in [5, 5.41) is 3.36. The first-order valence-corrected chi connectivity index (χ1v) is 7.59. The van der Waals surface area contributed by atoms with Crippen LogP contribution in [0.1, 0.15) is 45.4 Å². The Kier molecular flexibility index (Phi) is 5.29. The third-order valence-corrected chi connectivity index (χ3v) is 4.16. The van der Waals surface area contributed by atoms with Crippen LogP contribution in [0.3, 0.4) is 0 Å². The molecular weight excluding hydrogens is 226 g/mol. The summed E-state index contributed by atoms with van der Waals surface area (Å²) in [5.74, 6) is 0. The molecule has 0 unspecified atom stereocenters. The van der Waals surface area contributed by atoms with Gasteiger partial charge in [0.25, 0.3) is 0 Å². The molecule has 1 N–H and O–H groups in total. The molecule has 2 fully saturated rings. The molecule has 0 aromatic rings. The molecule has 2 amide bonds. The SMILES string of the molecule is CCCCCCN1CCN(C2CCNCC2)C1=O. The Balaban J connectivity index is 1.74. The molecule has 0 spiro atoms. The van der Waals surface area contributed by atoms with Crippen LogP contribution in [0.5, 0.6) is 0 Å². The number of nitrogens with one attached hydrogen (secondary N) is 1. The topological polar surface area (TPSA) is 35.6 Å². The fourth-order valence-corrected chi connectivity index (χ4v) is 3.00. The third kappa shape index (κ3) is 3.37. The molecule has 2 aliphatic heterocycles. The third-order valence-electron chi connectivity index (χ3n) is 4.16. The highest BCUT2D eigenvalue weighted by atomic mass is 16.2. The van der Waals surface area contributed by atoms with Crippen molar-refractivity contribution in [3.05, 3.63) is 0 Å². The Labute approximate surface area is 111 Å². The van der Waals surface area contributed by atoms with Crippen molar-refractivity contribution in [3.8, 4) is 0 Å². The Morgan fingerprint density at radius 1 is 1.17 bits per heavy atom. The van der Waals surface area contributed by atoms with Crippen molar-refractivity contribution >= 4 is 6.03 Å². The number of hydrogen-bond acceptors (Lipinski definition) is 2. The fraction of sp³-hybridized carbons (Fsp3) is 0.929. The minimum atomic E-state index is 0.290. The van der Waals surface area contributed by atoms with E-state index in [2.05, 4.69) is 22.0 Å². The van der Waals surface area contributed by atoms with Crippen molar-refractivity contribution in [1.29, 1.82) is 0 Å². The fourth-order valence-electron chi connectivity index (χ4n) is 3.00. The van der Waals surface area contributed by atoms with Gasteiger partial charge in [-0.05, 0) is 32.4 Å². The molecule has 2 heterocycles. The second-order valence-corrected chi connectivity index (χ2v) is 5.50. The van der Waals surface area contributed by atoms with Gasteiger partial charge in [0.05, 0.1) is 0 Å². The smallest absolute Gasteiger partial charge is 0.320 e. The van der Waals surface area contributed by atoms with E-state index in [4.69, 9.17) is 0 Å². The summed E-state index contributed by atoms with van der Waals surface area (Å²) in [6.07, 6.45) is 7.22. The first kappa shape index (κ1) is 13.7. The Hall–Kier alpha value is -0.770. The average Bonchev–Trinajstić information content (AvgIpc) is 2.77. The Morgan fingerprint density at radius 3 is 2.67 bits per heavy atom. The number of nitrogens with zero attached hydrogens (tertiary/aromatic N) is 2. The molecule has 2 saturated heterocycles. The maximum absolute atomic E-state index is 12.3. The number of unbranched alkanes of at least 4 members (excludes halogenated alkanes) is 3. The number of piperidine rings is 1. The molecule has 0 aliphatic carbocycles. The molecule has 2 aliphatic rings. The van der Waals surface area contributed by atoms with Crippen molar-refractivity contribution in [2.45, 2.75) is 51.5 Å². The van der Waals surface area contributed by atoms with Crippen LogP contribution in [0, 0.1) is 0 Å². The van der Waals surface area contributed by atoms with Crippen LogP contribution in [-0.4, -0.2) is 54.6 Å². The lowest BCUT2D eigenvalue weighted by Gasteiger charge is -2.31. The normalized spacial score (nSPS) is 21.9. The van der Waals surface area contributed by atoms with Gasteiger partial charge in [0.1, 0.15) is 0 Å². The first-order chi connectivity index (χ1) is 8.83. The number of urea groups is 1. The minimum absolute atomic E-state index is 0.290. The van der Waals surface area contributed by atoms with E-state index >= 15 is 0 Å². The number of carbonyl (C=O) groups is 1. The lowest BCUT2D eigenvalue weighted by Crippen LogP contribution is -2.45. The molecule has 0 atom stereocenters. The van der Waals surface area contributed by atoms with Gasteiger partial charge in [0.2, 0.25) is 0 Å². The van der Waals surface area contributed by atoms with Gasteiger partial charge in [-0.3, -0.25) is 0 Å². The zero-order valence-corrected chi connectivity index (χ0v) is 11.7. The summed E-state index contributed by atoms with van der Waals surface area (Å²) in [7, 11) is 0. The second kappa shape index (κ2) is 6.98. The summed E-state index contributed by atoms with van der Waals surface area (Å²) in [4.78, 5) is 16.5. The highest BCUT2D eigenvalue weighted by molar-refractivity contribution is 5.76. The molecule has 0 aromatic heterocycles. The molecule has 104 valence electrons. The van der Waals surface area contributed by atoms with E-state index in [1.807, 2.05) is 0 Å². The monoisotopic (exact) mass is 253 g/mol. The Morgan fingerprint density at radius 2 is 1.94 bits per heavy atom. The van der Waals surface area contributed by atoms with E-state index in [1.165, 1.54) is 25.7 Å². The predicted molar refractivity (Wildman–Crippen MR) is 73.7 cm³/mol. The van der Waals surface area contributed by atoms with Gasteiger partial charge >= 0.3 is 6.03 Å². The Bertz CT molecular complexity index is 264. The van der Waals surface area contributed by atoms with Crippen LogP contribution in [0.2, 0.25) is 0 Å². The van der Waals surface area contributed by atoms with Crippen molar-refractivity contribution in [2.75, 3.05) is 32.7 Å². The molecule has 18 heavy (non-hydrogen) atoms. The molecule has 0 radical (unpaired) electrons. The maximum atomic E-state index is 12.3. The highest BCUT2D eigenvalue weighted by Gasteiger charge is 2.33. The lowest BCUT2D eigenvalue weighted by atomic mass is 10.1. The van der Waals surface area contributed by atoms with Crippen LogP contribution in [-0.2, 0) is 0 Å². The highest BCUT2D eigenvalue weighted by Crippen LogP contribution is 2.19. The molecule has 4 nitrogen and oxygen atoms in total. The number of amides is 2. The van der Waals surface area contributed by atoms with Gasteiger partial charge < -0.3 is 15.1 Å². The van der Waals surface area contributed by atoms with Crippen molar-refractivity contribution < 1.29 is 4.79 Å². The van der Waals surface area contributed by atoms with E-state index in [0.717, 1.165) is 45.6 Å². The molecule has 2 rings (SSSR count). The van der Waals surface area contributed by atoms with Gasteiger partial charge in [-0.25, -0.2) is 4.79 Å². The van der Waals surface area contributed by atoms with Crippen LogP contribution >= 0.6 is 0 Å². The molecule has 0 saturated carbocycles. The molecular formula is C14H27N3O. The summed E-state index contributed by atoms with van der Waals surface area (Å²) in [6.45, 7) is 7.18. The predicted octanol–water partition coefficient (Wildman–Crippen LogP) is 2.06. The molecule has 4 heteroatoms. The summed E-state index contributed by atoms with van der Waals surface area (Å²) < 4.78 is 0. The molecule has 0 aromatic carbocycles. The van der Waals surface area contributed by atoms with Crippen molar-refractivity contribution in [3.63, 3.8) is 0 Å². The second-order valence-electron chi connectivity index (χ2n) is 5.50. The summed E-state index contributed by atoms with van der Waals surface area (Å²) >= 11 is 0. The largest absolute Gasteiger partial charge is 0.323 e. The van der Waals surface area contributed by atoms with Gasteiger partial charge in [-0.2, -0.15) is 0 Å². The van der Waals surface area contributed by atoms with Crippen LogP contribution in [0.15, 0.2) is 0 Å². The summed E-state index contributed by atoms with van der Waals surface area (Å²) in [6, 6.07) is 0.776. The quantitative estimate of drug-likeness (QED) is 0.735.